The minimum atomic E-state index is -0.249. The molecule has 0 radical (unpaired) electrons. The molecule has 1 aliphatic rings. The Morgan fingerprint density at radius 3 is 2.63 bits per heavy atom. The molecule has 0 saturated heterocycles. The monoisotopic (exact) mass is 385 g/mol. The number of aromatic nitrogens is 2. The standard InChI is InChI=1S/C21H24FN3OS/c1-3-24(18-10-8-16(22)9-11-18)13-17-12-19(26)25-20(15-6-4-5-7-15)14(2)27-21(25)23-17/h8-12,15H,3-7,13H2,1-2H3. The van der Waals surface area contributed by atoms with E-state index in [4.69, 9.17) is 4.98 Å². The number of rotatable bonds is 5. The molecule has 0 atom stereocenters. The lowest BCUT2D eigenvalue weighted by molar-refractivity contribution is 0.627. The number of benzene rings is 1. The Labute approximate surface area is 162 Å². The number of anilines is 1. The highest BCUT2D eigenvalue weighted by molar-refractivity contribution is 7.17. The van der Waals surface area contributed by atoms with Crippen molar-refractivity contribution in [2.75, 3.05) is 11.4 Å². The minimum absolute atomic E-state index is 0.0106. The van der Waals surface area contributed by atoms with Gasteiger partial charge in [0.25, 0.3) is 5.56 Å². The first-order chi connectivity index (χ1) is 13.1. The average Bonchev–Trinajstić information content (AvgIpc) is 3.27. The highest BCUT2D eigenvalue weighted by Gasteiger charge is 2.24. The van der Waals surface area contributed by atoms with E-state index in [1.165, 1.54) is 35.5 Å². The molecular weight excluding hydrogens is 361 g/mol. The lowest BCUT2D eigenvalue weighted by atomic mass is 10.0. The van der Waals surface area contributed by atoms with Gasteiger partial charge < -0.3 is 4.90 Å². The van der Waals surface area contributed by atoms with E-state index in [-0.39, 0.29) is 11.4 Å². The number of thiazole rings is 1. The van der Waals surface area contributed by atoms with Crippen LogP contribution in [0, 0.1) is 12.7 Å². The Morgan fingerprint density at radius 1 is 1.26 bits per heavy atom. The Morgan fingerprint density at radius 2 is 1.96 bits per heavy atom. The lowest BCUT2D eigenvalue weighted by Gasteiger charge is -2.22. The summed E-state index contributed by atoms with van der Waals surface area (Å²) in [6, 6.07) is 8.10. The van der Waals surface area contributed by atoms with Crippen LogP contribution in [0.2, 0.25) is 0 Å². The molecular formula is C21H24FN3OS. The number of fused-ring (bicyclic) bond motifs is 1. The van der Waals surface area contributed by atoms with Gasteiger partial charge >= 0.3 is 0 Å². The number of hydrogen-bond acceptors (Lipinski definition) is 4. The Kier molecular flexibility index (Phi) is 5.00. The highest BCUT2D eigenvalue weighted by atomic mass is 32.1. The number of aryl methyl sites for hydroxylation is 1. The molecule has 0 bridgehead atoms. The van der Waals surface area contributed by atoms with Gasteiger partial charge in [0.15, 0.2) is 4.96 Å². The normalized spacial score (nSPS) is 14.9. The van der Waals surface area contributed by atoms with Gasteiger partial charge in [0.05, 0.1) is 12.2 Å². The van der Waals surface area contributed by atoms with E-state index >= 15 is 0 Å². The van der Waals surface area contributed by atoms with E-state index < -0.39 is 0 Å². The molecule has 6 heteroatoms. The molecule has 1 aliphatic carbocycles. The smallest absolute Gasteiger partial charge is 0.259 e. The van der Waals surface area contributed by atoms with Crippen LogP contribution in [-0.4, -0.2) is 15.9 Å². The van der Waals surface area contributed by atoms with Gasteiger partial charge in [0.1, 0.15) is 5.82 Å². The second kappa shape index (κ2) is 7.43. The van der Waals surface area contributed by atoms with Crippen LogP contribution in [0.1, 0.15) is 54.8 Å². The molecule has 3 aromatic rings. The molecule has 0 N–H and O–H groups in total. The Bertz CT molecular complexity index is 1000. The maximum atomic E-state index is 13.2. The zero-order chi connectivity index (χ0) is 19.0. The molecule has 0 amide bonds. The summed E-state index contributed by atoms with van der Waals surface area (Å²) in [6.07, 6.45) is 4.81. The van der Waals surface area contributed by atoms with Crippen molar-refractivity contribution in [2.24, 2.45) is 0 Å². The molecule has 1 saturated carbocycles. The van der Waals surface area contributed by atoms with Crippen molar-refractivity contribution in [1.82, 2.24) is 9.38 Å². The van der Waals surface area contributed by atoms with Crippen LogP contribution in [0.3, 0.4) is 0 Å². The Balaban J connectivity index is 1.69. The van der Waals surface area contributed by atoms with Crippen molar-refractivity contribution in [3.05, 3.63) is 62.8 Å². The summed E-state index contributed by atoms with van der Waals surface area (Å²) < 4.78 is 15.0. The van der Waals surface area contributed by atoms with Crippen molar-refractivity contribution in [2.45, 2.75) is 52.0 Å². The second-order valence-electron chi connectivity index (χ2n) is 7.22. The summed E-state index contributed by atoms with van der Waals surface area (Å²) in [7, 11) is 0. The summed E-state index contributed by atoms with van der Waals surface area (Å²) in [5.41, 5.74) is 2.86. The third kappa shape index (κ3) is 3.50. The van der Waals surface area contributed by atoms with Crippen LogP contribution < -0.4 is 10.5 Å². The van der Waals surface area contributed by atoms with E-state index in [0.717, 1.165) is 35.7 Å². The van der Waals surface area contributed by atoms with Gasteiger partial charge in [-0.2, -0.15) is 0 Å². The highest BCUT2D eigenvalue weighted by Crippen LogP contribution is 2.37. The van der Waals surface area contributed by atoms with Crippen molar-refractivity contribution >= 4 is 22.0 Å². The topological polar surface area (TPSA) is 37.6 Å². The molecule has 1 fully saturated rings. The van der Waals surface area contributed by atoms with Gasteiger partial charge in [-0.15, -0.1) is 11.3 Å². The molecule has 1 aromatic carbocycles. The first-order valence-electron chi connectivity index (χ1n) is 9.59. The van der Waals surface area contributed by atoms with Crippen LogP contribution >= 0.6 is 11.3 Å². The largest absolute Gasteiger partial charge is 0.366 e. The van der Waals surface area contributed by atoms with Crippen LogP contribution in [0.5, 0.6) is 0 Å². The van der Waals surface area contributed by atoms with Crippen LogP contribution in [0.25, 0.3) is 4.96 Å². The van der Waals surface area contributed by atoms with Gasteiger partial charge in [-0.25, -0.2) is 9.37 Å². The van der Waals surface area contributed by atoms with E-state index in [9.17, 15) is 9.18 Å². The number of hydrogen-bond donors (Lipinski definition) is 0. The summed E-state index contributed by atoms with van der Waals surface area (Å²) in [4.78, 5) is 21.8. The third-order valence-electron chi connectivity index (χ3n) is 5.46. The number of nitrogens with zero attached hydrogens (tertiary/aromatic N) is 3. The zero-order valence-electron chi connectivity index (χ0n) is 15.7. The van der Waals surface area contributed by atoms with Gasteiger partial charge in [-0.05, 0) is 51.0 Å². The molecule has 2 heterocycles. The molecule has 4 nitrogen and oxygen atoms in total. The molecule has 27 heavy (non-hydrogen) atoms. The van der Waals surface area contributed by atoms with E-state index in [1.807, 2.05) is 11.3 Å². The zero-order valence-corrected chi connectivity index (χ0v) is 16.6. The van der Waals surface area contributed by atoms with Gasteiger partial charge in [0.2, 0.25) is 0 Å². The molecule has 2 aromatic heterocycles. The molecule has 142 valence electrons. The molecule has 4 rings (SSSR count). The predicted molar refractivity (Wildman–Crippen MR) is 108 cm³/mol. The second-order valence-corrected chi connectivity index (χ2v) is 8.40. The first-order valence-corrected chi connectivity index (χ1v) is 10.4. The maximum absolute atomic E-state index is 13.2. The predicted octanol–water partition coefficient (Wildman–Crippen LogP) is 4.89. The summed E-state index contributed by atoms with van der Waals surface area (Å²) in [6.45, 7) is 5.43. The molecule has 0 aliphatic heterocycles. The summed E-state index contributed by atoms with van der Waals surface area (Å²) in [5, 5.41) is 0. The van der Waals surface area contributed by atoms with Crippen LogP contribution in [0.15, 0.2) is 35.1 Å². The van der Waals surface area contributed by atoms with E-state index in [0.29, 0.717) is 12.5 Å². The lowest BCUT2D eigenvalue weighted by Crippen LogP contribution is -2.25. The number of halogens is 1. The van der Waals surface area contributed by atoms with Crippen molar-refractivity contribution < 1.29 is 4.39 Å². The average molecular weight is 386 g/mol. The van der Waals surface area contributed by atoms with Crippen LogP contribution in [-0.2, 0) is 6.54 Å². The quantitative estimate of drug-likeness (QED) is 0.628. The van der Waals surface area contributed by atoms with Crippen LogP contribution in [0.4, 0.5) is 10.1 Å². The summed E-state index contributed by atoms with van der Waals surface area (Å²) >= 11 is 1.61. The van der Waals surface area contributed by atoms with Crippen molar-refractivity contribution in [3.63, 3.8) is 0 Å². The van der Waals surface area contributed by atoms with Gasteiger partial charge in [-0.1, -0.05) is 12.8 Å². The third-order valence-corrected chi connectivity index (χ3v) is 6.43. The van der Waals surface area contributed by atoms with Crippen molar-refractivity contribution in [1.29, 1.82) is 0 Å². The minimum Gasteiger partial charge on any atom is -0.366 e. The fraction of sp³-hybridized carbons (Fsp3) is 0.429. The van der Waals surface area contributed by atoms with E-state index in [1.54, 1.807) is 29.5 Å². The van der Waals surface area contributed by atoms with Gasteiger partial charge in [0, 0.05) is 34.8 Å². The van der Waals surface area contributed by atoms with E-state index in [2.05, 4.69) is 11.8 Å². The Hall–Kier alpha value is -2.21. The molecule has 0 unspecified atom stereocenters. The SMILES string of the molecule is CCN(Cc1cc(=O)n2c(C3CCCC3)c(C)sc2n1)c1ccc(F)cc1. The van der Waals surface area contributed by atoms with Gasteiger partial charge in [-0.3, -0.25) is 9.20 Å². The fourth-order valence-corrected chi connectivity index (χ4v) is 5.21. The first kappa shape index (κ1) is 18.2. The maximum Gasteiger partial charge on any atom is 0.259 e. The molecule has 0 spiro atoms. The fourth-order valence-electron chi connectivity index (χ4n) is 4.13. The summed E-state index contributed by atoms with van der Waals surface area (Å²) in [5.74, 6) is 0.233. The van der Waals surface area contributed by atoms with Crippen molar-refractivity contribution in [3.8, 4) is 0 Å².